The van der Waals surface area contributed by atoms with E-state index in [0.717, 1.165) is 19.6 Å². The third-order valence-corrected chi connectivity index (χ3v) is 3.07. The summed E-state index contributed by atoms with van der Waals surface area (Å²) < 4.78 is 0. The van der Waals surface area contributed by atoms with Gasteiger partial charge in [0.2, 0.25) is 5.91 Å². The fourth-order valence-corrected chi connectivity index (χ4v) is 2.00. The SMILES string of the molecule is CC1CNC(=O)CCN1Cc1ccccc1. The normalized spacial score (nSPS) is 22.6. The maximum Gasteiger partial charge on any atom is 0.221 e. The van der Waals surface area contributed by atoms with Crippen LogP contribution >= 0.6 is 0 Å². The highest BCUT2D eigenvalue weighted by atomic mass is 16.1. The second kappa shape index (κ2) is 5.12. The molecule has 1 saturated heterocycles. The van der Waals surface area contributed by atoms with E-state index in [1.54, 1.807) is 0 Å². The molecule has 86 valence electrons. The van der Waals surface area contributed by atoms with Crippen LogP contribution in [-0.2, 0) is 11.3 Å². The van der Waals surface area contributed by atoms with Gasteiger partial charge in [-0.2, -0.15) is 0 Å². The fraction of sp³-hybridized carbons (Fsp3) is 0.462. The zero-order valence-corrected chi connectivity index (χ0v) is 9.65. The van der Waals surface area contributed by atoms with Gasteiger partial charge in [0.1, 0.15) is 0 Å². The van der Waals surface area contributed by atoms with Crippen LogP contribution in [0.25, 0.3) is 0 Å². The Bertz CT molecular complexity index is 350. The van der Waals surface area contributed by atoms with Crippen molar-refractivity contribution < 1.29 is 4.79 Å². The largest absolute Gasteiger partial charge is 0.355 e. The van der Waals surface area contributed by atoms with Gasteiger partial charge in [-0.3, -0.25) is 9.69 Å². The van der Waals surface area contributed by atoms with Crippen molar-refractivity contribution >= 4 is 5.91 Å². The minimum atomic E-state index is 0.169. The Morgan fingerprint density at radius 1 is 1.38 bits per heavy atom. The molecule has 3 nitrogen and oxygen atoms in total. The lowest BCUT2D eigenvalue weighted by molar-refractivity contribution is -0.120. The van der Waals surface area contributed by atoms with Crippen molar-refractivity contribution in [1.29, 1.82) is 0 Å². The third-order valence-electron chi connectivity index (χ3n) is 3.07. The van der Waals surface area contributed by atoms with E-state index in [2.05, 4.69) is 41.4 Å². The number of carbonyl (C=O) groups excluding carboxylic acids is 1. The van der Waals surface area contributed by atoms with Crippen LogP contribution in [0.15, 0.2) is 30.3 Å². The molecule has 1 fully saturated rings. The zero-order valence-electron chi connectivity index (χ0n) is 9.65. The first kappa shape index (κ1) is 11.1. The minimum absolute atomic E-state index is 0.169. The zero-order chi connectivity index (χ0) is 11.4. The van der Waals surface area contributed by atoms with E-state index in [4.69, 9.17) is 0 Å². The molecule has 1 atom stereocenters. The molecule has 3 heteroatoms. The van der Waals surface area contributed by atoms with E-state index in [-0.39, 0.29) is 5.91 Å². The first-order chi connectivity index (χ1) is 7.75. The predicted molar refractivity (Wildman–Crippen MR) is 63.9 cm³/mol. The van der Waals surface area contributed by atoms with Crippen LogP contribution in [0.1, 0.15) is 18.9 Å². The molecule has 2 rings (SSSR count). The average Bonchev–Trinajstić information content (AvgIpc) is 2.46. The van der Waals surface area contributed by atoms with Gasteiger partial charge < -0.3 is 5.32 Å². The second-order valence-electron chi connectivity index (χ2n) is 4.36. The van der Waals surface area contributed by atoms with E-state index >= 15 is 0 Å². The van der Waals surface area contributed by atoms with Crippen molar-refractivity contribution in [2.45, 2.75) is 25.9 Å². The number of amides is 1. The summed E-state index contributed by atoms with van der Waals surface area (Å²) in [5, 5.41) is 2.93. The van der Waals surface area contributed by atoms with E-state index in [0.29, 0.717) is 12.5 Å². The highest BCUT2D eigenvalue weighted by Gasteiger charge is 2.19. The molecule has 1 aromatic carbocycles. The summed E-state index contributed by atoms with van der Waals surface area (Å²) in [6, 6.07) is 10.8. The molecule has 0 spiro atoms. The Balaban J connectivity index is 2.00. The summed E-state index contributed by atoms with van der Waals surface area (Å²) >= 11 is 0. The number of carbonyl (C=O) groups is 1. The van der Waals surface area contributed by atoms with Gasteiger partial charge in [-0.05, 0) is 12.5 Å². The average molecular weight is 218 g/mol. The monoisotopic (exact) mass is 218 g/mol. The summed E-state index contributed by atoms with van der Waals surface area (Å²) in [4.78, 5) is 13.6. The number of nitrogens with one attached hydrogen (secondary N) is 1. The van der Waals surface area contributed by atoms with Crippen molar-refractivity contribution in [3.8, 4) is 0 Å². The van der Waals surface area contributed by atoms with Crippen molar-refractivity contribution in [2.75, 3.05) is 13.1 Å². The van der Waals surface area contributed by atoms with E-state index in [9.17, 15) is 4.79 Å². The van der Waals surface area contributed by atoms with Crippen molar-refractivity contribution in [2.24, 2.45) is 0 Å². The summed E-state index contributed by atoms with van der Waals surface area (Å²) in [5.41, 5.74) is 1.31. The van der Waals surface area contributed by atoms with Gasteiger partial charge in [-0.15, -0.1) is 0 Å². The molecular formula is C13H18N2O. The molecule has 1 aliphatic rings. The van der Waals surface area contributed by atoms with Crippen LogP contribution in [0.4, 0.5) is 0 Å². The molecule has 1 N–H and O–H groups in total. The van der Waals surface area contributed by atoms with Gasteiger partial charge >= 0.3 is 0 Å². The molecule has 0 saturated carbocycles. The summed E-state index contributed by atoms with van der Waals surface area (Å²) in [5.74, 6) is 0.169. The summed E-state index contributed by atoms with van der Waals surface area (Å²) in [7, 11) is 0. The lowest BCUT2D eigenvalue weighted by Gasteiger charge is -2.26. The molecular weight excluding hydrogens is 200 g/mol. The van der Waals surface area contributed by atoms with E-state index < -0.39 is 0 Å². The minimum Gasteiger partial charge on any atom is -0.355 e. The molecule has 0 bridgehead atoms. The quantitative estimate of drug-likeness (QED) is 0.813. The van der Waals surface area contributed by atoms with Gasteiger partial charge in [0.05, 0.1) is 0 Å². The Hall–Kier alpha value is -1.35. The van der Waals surface area contributed by atoms with Crippen LogP contribution in [0, 0.1) is 0 Å². The maximum absolute atomic E-state index is 11.3. The van der Waals surface area contributed by atoms with Crippen molar-refractivity contribution in [3.05, 3.63) is 35.9 Å². The molecule has 1 amide bonds. The van der Waals surface area contributed by atoms with E-state index in [1.807, 2.05) is 6.07 Å². The highest BCUT2D eigenvalue weighted by molar-refractivity contribution is 5.76. The van der Waals surface area contributed by atoms with Gasteiger partial charge in [0.25, 0.3) is 0 Å². The van der Waals surface area contributed by atoms with Crippen LogP contribution in [0.2, 0.25) is 0 Å². The third kappa shape index (κ3) is 2.83. The molecule has 1 unspecified atom stereocenters. The second-order valence-corrected chi connectivity index (χ2v) is 4.36. The molecule has 0 aromatic heterocycles. The standard InChI is InChI=1S/C13H18N2O/c1-11-9-14-13(16)7-8-15(11)10-12-5-3-2-4-6-12/h2-6,11H,7-10H2,1H3,(H,14,16). The Labute approximate surface area is 96.5 Å². The molecule has 1 aromatic rings. The molecule has 1 heterocycles. The summed E-state index contributed by atoms with van der Waals surface area (Å²) in [6.45, 7) is 4.69. The van der Waals surface area contributed by atoms with E-state index in [1.165, 1.54) is 5.56 Å². The number of benzene rings is 1. The lowest BCUT2D eigenvalue weighted by Crippen LogP contribution is -2.37. The van der Waals surface area contributed by atoms with Crippen LogP contribution in [-0.4, -0.2) is 29.9 Å². The Kier molecular flexibility index (Phi) is 3.57. The first-order valence-corrected chi connectivity index (χ1v) is 5.80. The Morgan fingerprint density at radius 3 is 2.88 bits per heavy atom. The van der Waals surface area contributed by atoms with Gasteiger partial charge in [0, 0.05) is 32.1 Å². The number of hydrogen-bond acceptors (Lipinski definition) is 2. The smallest absolute Gasteiger partial charge is 0.221 e. The lowest BCUT2D eigenvalue weighted by atomic mass is 10.2. The molecule has 0 radical (unpaired) electrons. The van der Waals surface area contributed by atoms with Crippen LogP contribution in [0.3, 0.4) is 0 Å². The Morgan fingerprint density at radius 2 is 2.12 bits per heavy atom. The van der Waals surface area contributed by atoms with Crippen molar-refractivity contribution in [3.63, 3.8) is 0 Å². The maximum atomic E-state index is 11.3. The predicted octanol–water partition coefficient (Wildman–Crippen LogP) is 1.40. The first-order valence-electron chi connectivity index (χ1n) is 5.80. The molecule has 16 heavy (non-hydrogen) atoms. The number of nitrogens with zero attached hydrogens (tertiary/aromatic N) is 1. The van der Waals surface area contributed by atoms with Gasteiger partial charge in [-0.1, -0.05) is 30.3 Å². The fourth-order valence-electron chi connectivity index (χ4n) is 2.00. The highest BCUT2D eigenvalue weighted by Crippen LogP contribution is 2.10. The summed E-state index contributed by atoms with van der Waals surface area (Å²) in [6.07, 6.45) is 0.608. The van der Waals surface area contributed by atoms with Gasteiger partial charge in [0.15, 0.2) is 0 Å². The van der Waals surface area contributed by atoms with Crippen LogP contribution < -0.4 is 5.32 Å². The van der Waals surface area contributed by atoms with Crippen molar-refractivity contribution in [1.82, 2.24) is 10.2 Å². The number of hydrogen-bond donors (Lipinski definition) is 1. The topological polar surface area (TPSA) is 32.3 Å². The van der Waals surface area contributed by atoms with Gasteiger partial charge in [-0.25, -0.2) is 0 Å². The molecule has 0 aliphatic carbocycles. The molecule has 1 aliphatic heterocycles. The van der Waals surface area contributed by atoms with Crippen LogP contribution in [0.5, 0.6) is 0 Å². The number of rotatable bonds is 2.